The molecule has 1 aromatic rings. The molecule has 0 aliphatic heterocycles. The normalized spacial score (nSPS) is 25.6. The Bertz CT molecular complexity index is 337. The van der Waals surface area contributed by atoms with Crippen molar-refractivity contribution < 1.29 is 5.11 Å². The number of nitrogens with two attached hydrogens (primary N) is 1. The van der Waals surface area contributed by atoms with Gasteiger partial charge in [-0.3, -0.25) is 0 Å². The molecule has 2 rings (SSSR count). The Labute approximate surface area is 96.8 Å². The van der Waals surface area contributed by atoms with Gasteiger partial charge in [0, 0.05) is 21.0 Å². The van der Waals surface area contributed by atoms with E-state index in [1.54, 1.807) is 0 Å². The Morgan fingerprint density at radius 3 is 2.71 bits per heavy atom. The van der Waals surface area contributed by atoms with Crippen molar-refractivity contribution in [1.29, 1.82) is 0 Å². The standard InChI is InChI=1S/C10H13IN2O/c11-9-3-6(12)1-2-10(9)13-7-4-8(14)5-7/h1-3,7-8,13-14H,4-5,12H2. The highest BCUT2D eigenvalue weighted by molar-refractivity contribution is 14.1. The third-order valence-electron chi connectivity index (χ3n) is 2.47. The first-order valence-electron chi connectivity index (χ1n) is 4.65. The lowest BCUT2D eigenvalue weighted by Gasteiger charge is -2.33. The number of nitrogens with one attached hydrogen (secondary N) is 1. The molecule has 0 aromatic heterocycles. The van der Waals surface area contributed by atoms with E-state index in [9.17, 15) is 0 Å². The fourth-order valence-corrected chi connectivity index (χ4v) is 2.27. The molecule has 0 saturated heterocycles. The molecule has 0 amide bonds. The summed E-state index contributed by atoms with van der Waals surface area (Å²) in [5.41, 5.74) is 7.55. The lowest BCUT2D eigenvalue weighted by molar-refractivity contribution is 0.0836. The van der Waals surface area contributed by atoms with E-state index in [2.05, 4.69) is 27.9 Å². The van der Waals surface area contributed by atoms with E-state index >= 15 is 0 Å². The van der Waals surface area contributed by atoms with E-state index in [1.165, 1.54) is 0 Å². The van der Waals surface area contributed by atoms with Crippen LogP contribution in [0.2, 0.25) is 0 Å². The summed E-state index contributed by atoms with van der Waals surface area (Å²) < 4.78 is 1.13. The average molecular weight is 304 g/mol. The number of benzene rings is 1. The van der Waals surface area contributed by atoms with Gasteiger partial charge in [0.25, 0.3) is 0 Å². The topological polar surface area (TPSA) is 58.3 Å². The molecular formula is C10H13IN2O. The molecule has 1 aromatic carbocycles. The monoisotopic (exact) mass is 304 g/mol. The minimum Gasteiger partial charge on any atom is -0.399 e. The maximum absolute atomic E-state index is 9.15. The van der Waals surface area contributed by atoms with Gasteiger partial charge in [0.1, 0.15) is 0 Å². The van der Waals surface area contributed by atoms with Gasteiger partial charge in [-0.25, -0.2) is 0 Å². The summed E-state index contributed by atoms with van der Waals surface area (Å²) in [7, 11) is 0. The summed E-state index contributed by atoms with van der Waals surface area (Å²) in [6, 6.07) is 6.24. The van der Waals surface area contributed by atoms with Crippen LogP contribution in [0.15, 0.2) is 18.2 Å². The molecule has 4 N–H and O–H groups in total. The van der Waals surface area contributed by atoms with Crippen LogP contribution in [0.1, 0.15) is 12.8 Å². The second-order valence-electron chi connectivity index (χ2n) is 3.71. The number of rotatable bonds is 2. The Hall–Kier alpha value is -0.490. The summed E-state index contributed by atoms with van der Waals surface area (Å²) >= 11 is 2.26. The number of hydrogen-bond donors (Lipinski definition) is 3. The Morgan fingerprint density at radius 2 is 2.14 bits per heavy atom. The molecule has 4 heteroatoms. The van der Waals surface area contributed by atoms with Gasteiger partial charge in [-0.1, -0.05) is 0 Å². The summed E-state index contributed by atoms with van der Waals surface area (Å²) in [5, 5.41) is 12.5. The SMILES string of the molecule is Nc1ccc(NC2CC(O)C2)c(I)c1. The van der Waals surface area contributed by atoms with Crippen molar-refractivity contribution >= 4 is 34.0 Å². The number of halogens is 1. The maximum atomic E-state index is 9.15. The highest BCUT2D eigenvalue weighted by Crippen LogP contribution is 2.27. The van der Waals surface area contributed by atoms with E-state index in [0.717, 1.165) is 27.8 Å². The van der Waals surface area contributed by atoms with Crippen molar-refractivity contribution in [3.8, 4) is 0 Å². The number of aliphatic hydroxyl groups excluding tert-OH is 1. The Balaban J connectivity index is 2.02. The van der Waals surface area contributed by atoms with Crippen molar-refractivity contribution in [2.75, 3.05) is 11.1 Å². The van der Waals surface area contributed by atoms with Gasteiger partial charge in [-0.05, 0) is 53.6 Å². The molecule has 0 bridgehead atoms. The van der Waals surface area contributed by atoms with Crippen molar-refractivity contribution in [2.24, 2.45) is 0 Å². The molecule has 0 spiro atoms. The third-order valence-corrected chi connectivity index (χ3v) is 3.36. The van der Waals surface area contributed by atoms with Gasteiger partial charge in [-0.15, -0.1) is 0 Å². The van der Waals surface area contributed by atoms with E-state index in [0.29, 0.717) is 6.04 Å². The first kappa shape index (κ1) is 10.0. The van der Waals surface area contributed by atoms with Crippen LogP contribution >= 0.6 is 22.6 Å². The minimum absolute atomic E-state index is 0.112. The smallest absolute Gasteiger partial charge is 0.0579 e. The summed E-state index contributed by atoms with van der Waals surface area (Å²) in [5.74, 6) is 0. The van der Waals surface area contributed by atoms with Gasteiger partial charge in [-0.2, -0.15) is 0 Å². The van der Waals surface area contributed by atoms with Crippen molar-refractivity contribution in [3.05, 3.63) is 21.8 Å². The Morgan fingerprint density at radius 1 is 1.43 bits per heavy atom. The van der Waals surface area contributed by atoms with E-state index in [-0.39, 0.29) is 6.10 Å². The summed E-state index contributed by atoms with van der Waals surface area (Å²) in [6.45, 7) is 0. The van der Waals surface area contributed by atoms with E-state index < -0.39 is 0 Å². The van der Waals surface area contributed by atoms with Crippen molar-refractivity contribution in [2.45, 2.75) is 25.0 Å². The third kappa shape index (κ3) is 2.12. The fraction of sp³-hybridized carbons (Fsp3) is 0.400. The summed E-state index contributed by atoms with van der Waals surface area (Å²) in [6.07, 6.45) is 1.58. The fourth-order valence-electron chi connectivity index (χ4n) is 1.57. The number of hydrogen-bond acceptors (Lipinski definition) is 3. The molecule has 1 fully saturated rings. The molecular weight excluding hydrogens is 291 g/mol. The predicted octanol–water partition coefficient (Wildman–Crippen LogP) is 1.81. The molecule has 14 heavy (non-hydrogen) atoms. The lowest BCUT2D eigenvalue weighted by atomic mass is 9.89. The zero-order valence-electron chi connectivity index (χ0n) is 7.70. The van der Waals surface area contributed by atoms with Gasteiger partial charge >= 0.3 is 0 Å². The molecule has 0 unspecified atom stereocenters. The number of nitrogen functional groups attached to an aromatic ring is 1. The second-order valence-corrected chi connectivity index (χ2v) is 4.87. The van der Waals surface area contributed by atoms with Crippen LogP contribution in [0.5, 0.6) is 0 Å². The van der Waals surface area contributed by atoms with Crippen LogP contribution in [-0.4, -0.2) is 17.3 Å². The molecule has 1 saturated carbocycles. The number of aliphatic hydroxyl groups is 1. The molecule has 1 aliphatic rings. The van der Waals surface area contributed by atoms with Crippen molar-refractivity contribution in [1.82, 2.24) is 0 Å². The largest absolute Gasteiger partial charge is 0.399 e. The highest BCUT2D eigenvalue weighted by atomic mass is 127. The highest BCUT2D eigenvalue weighted by Gasteiger charge is 2.27. The second kappa shape index (κ2) is 3.94. The molecule has 0 atom stereocenters. The van der Waals surface area contributed by atoms with Crippen LogP contribution in [0.3, 0.4) is 0 Å². The first-order chi connectivity index (χ1) is 6.65. The van der Waals surface area contributed by atoms with Crippen molar-refractivity contribution in [3.63, 3.8) is 0 Å². The number of anilines is 2. The van der Waals surface area contributed by atoms with Crippen LogP contribution in [0.4, 0.5) is 11.4 Å². The zero-order valence-corrected chi connectivity index (χ0v) is 9.86. The molecule has 3 nitrogen and oxygen atoms in total. The van der Waals surface area contributed by atoms with Gasteiger partial charge < -0.3 is 16.2 Å². The zero-order chi connectivity index (χ0) is 10.1. The van der Waals surface area contributed by atoms with Gasteiger partial charge in [0.2, 0.25) is 0 Å². The van der Waals surface area contributed by atoms with Crippen LogP contribution in [-0.2, 0) is 0 Å². The van der Waals surface area contributed by atoms with E-state index in [1.807, 2.05) is 18.2 Å². The maximum Gasteiger partial charge on any atom is 0.0579 e. The van der Waals surface area contributed by atoms with Gasteiger partial charge in [0.15, 0.2) is 0 Å². The van der Waals surface area contributed by atoms with Crippen LogP contribution in [0.25, 0.3) is 0 Å². The summed E-state index contributed by atoms with van der Waals surface area (Å²) in [4.78, 5) is 0. The minimum atomic E-state index is -0.112. The van der Waals surface area contributed by atoms with Crippen LogP contribution in [0, 0.1) is 3.57 Å². The molecule has 0 radical (unpaired) electrons. The first-order valence-corrected chi connectivity index (χ1v) is 5.72. The quantitative estimate of drug-likeness (QED) is 0.577. The Kier molecular flexibility index (Phi) is 2.83. The van der Waals surface area contributed by atoms with Gasteiger partial charge in [0.05, 0.1) is 6.10 Å². The lowest BCUT2D eigenvalue weighted by Crippen LogP contribution is -2.39. The molecule has 1 aliphatic carbocycles. The average Bonchev–Trinajstić information content (AvgIpc) is 2.06. The predicted molar refractivity (Wildman–Crippen MR) is 66.2 cm³/mol. The molecule has 76 valence electrons. The molecule has 0 heterocycles. The van der Waals surface area contributed by atoms with E-state index in [4.69, 9.17) is 10.8 Å². The van der Waals surface area contributed by atoms with Crippen LogP contribution < -0.4 is 11.1 Å².